The van der Waals surface area contributed by atoms with Gasteiger partial charge in [0.05, 0.1) is 0 Å². The van der Waals surface area contributed by atoms with Crippen molar-refractivity contribution in [2.24, 2.45) is 5.73 Å². The van der Waals surface area contributed by atoms with Gasteiger partial charge in [-0.1, -0.05) is 24.6 Å². The molecule has 0 aromatic heterocycles. The highest BCUT2D eigenvalue weighted by Crippen LogP contribution is 2.18. The Labute approximate surface area is 110 Å². The Kier molecular flexibility index (Phi) is 5.02. The Balaban J connectivity index is 1.78. The first-order valence-corrected chi connectivity index (χ1v) is 6.95. The fraction of sp³-hybridized carbons (Fsp3) is 0.600. The van der Waals surface area contributed by atoms with Gasteiger partial charge in [0.15, 0.2) is 0 Å². The van der Waals surface area contributed by atoms with Crippen molar-refractivity contribution >= 4 is 0 Å². The molecule has 3 heteroatoms. The van der Waals surface area contributed by atoms with Gasteiger partial charge in [-0.25, -0.2) is 0 Å². The van der Waals surface area contributed by atoms with E-state index in [1.807, 2.05) is 30.3 Å². The van der Waals surface area contributed by atoms with E-state index in [0.717, 1.165) is 25.4 Å². The number of para-hydroxylation sites is 1. The van der Waals surface area contributed by atoms with Crippen LogP contribution in [0.25, 0.3) is 0 Å². The summed E-state index contributed by atoms with van der Waals surface area (Å²) in [4.78, 5) is 2.48. The topological polar surface area (TPSA) is 38.5 Å². The number of rotatable bonds is 5. The first-order chi connectivity index (χ1) is 8.77. The molecule has 0 aliphatic carbocycles. The maximum absolute atomic E-state index is 6.06. The molecule has 1 aromatic rings. The second-order valence-corrected chi connectivity index (χ2v) is 5.12. The summed E-state index contributed by atoms with van der Waals surface area (Å²) in [6, 6.07) is 10.8. The molecule has 0 radical (unpaired) electrons. The minimum atomic E-state index is 0.252. The van der Waals surface area contributed by atoms with Crippen molar-refractivity contribution in [3.63, 3.8) is 0 Å². The van der Waals surface area contributed by atoms with Crippen LogP contribution in [-0.2, 0) is 0 Å². The standard InChI is InChI=1S/C15H24N2O/c1-13(16)15-9-5-6-10-17(15)11-12-18-14-7-3-2-4-8-14/h2-4,7-8,13,15H,5-6,9-12,16H2,1H3. The third-order valence-electron chi connectivity index (χ3n) is 3.66. The number of hydrogen-bond acceptors (Lipinski definition) is 3. The Morgan fingerprint density at radius 3 is 2.83 bits per heavy atom. The van der Waals surface area contributed by atoms with Crippen LogP contribution in [0.4, 0.5) is 0 Å². The van der Waals surface area contributed by atoms with Crippen molar-refractivity contribution in [1.82, 2.24) is 4.90 Å². The van der Waals surface area contributed by atoms with Gasteiger partial charge in [0.1, 0.15) is 12.4 Å². The van der Waals surface area contributed by atoms with Gasteiger partial charge in [-0.2, -0.15) is 0 Å². The molecule has 0 amide bonds. The van der Waals surface area contributed by atoms with E-state index < -0.39 is 0 Å². The van der Waals surface area contributed by atoms with Crippen molar-refractivity contribution in [3.8, 4) is 5.75 Å². The highest BCUT2D eigenvalue weighted by molar-refractivity contribution is 5.20. The van der Waals surface area contributed by atoms with Gasteiger partial charge in [0.2, 0.25) is 0 Å². The van der Waals surface area contributed by atoms with Crippen LogP contribution >= 0.6 is 0 Å². The normalized spacial score (nSPS) is 22.7. The molecule has 2 N–H and O–H groups in total. The first kappa shape index (κ1) is 13.4. The minimum absolute atomic E-state index is 0.252. The number of piperidine rings is 1. The van der Waals surface area contributed by atoms with E-state index in [4.69, 9.17) is 10.5 Å². The van der Waals surface area contributed by atoms with Crippen LogP contribution in [0, 0.1) is 0 Å². The van der Waals surface area contributed by atoms with Crippen LogP contribution in [0.1, 0.15) is 26.2 Å². The molecular formula is C15H24N2O. The molecule has 2 atom stereocenters. The maximum Gasteiger partial charge on any atom is 0.119 e. The summed E-state index contributed by atoms with van der Waals surface area (Å²) in [6.45, 7) is 4.99. The molecule has 100 valence electrons. The van der Waals surface area contributed by atoms with Crippen molar-refractivity contribution in [3.05, 3.63) is 30.3 Å². The van der Waals surface area contributed by atoms with E-state index in [-0.39, 0.29) is 6.04 Å². The highest BCUT2D eigenvalue weighted by Gasteiger charge is 2.24. The van der Waals surface area contributed by atoms with Gasteiger partial charge >= 0.3 is 0 Å². The molecule has 1 aromatic carbocycles. The van der Waals surface area contributed by atoms with Crippen molar-refractivity contribution in [2.75, 3.05) is 19.7 Å². The van der Waals surface area contributed by atoms with Crippen LogP contribution in [0.3, 0.4) is 0 Å². The molecule has 1 heterocycles. The second-order valence-electron chi connectivity index (χ2n) is 5.12. The summed E-state index contributed by atoms with van der Waals surface area (Å²) < 4.78 is 5.75. The highest BCUT2D eigenvalue weighted by atomic mass is 16.5. The zero-order valence-electron chi connectivity index (χ0n) is 11.2. The smallest absolute Gasteiger partial charge is 0.119 e. The monoisotopic (exact) mass is 248 g/mol. The average Bonchev–Trinajstić information content (AvgIpc) is 2.40. The minimum Gasteiger partial charge on any atom is -0.492 e. The largest absolute Gasteiger partial charge is 0.492 e. The van der Waals surface area contributed by atoms with Gasteiger partial charge in [0, 0.05) is 18.6 Å². The van der Waals surface area contributed by atoms with Crippen molar-refractivity contribution in [2.45, 2.75) is 38.3 Å². The van der Waals surface area contributed by atoms with Gasteiger partial charge in [-0.15, -0.1) is 0 Å². The zero-order valence-corrected chi connectivity index (χ0v) is 11.2. The number of nitrogens with zero attached hydrogens (tertiary/aromatic N) is 1. The lowest BCUT2D eigenvalue weighted by Crippen LogP contribution is -2.50. The van der Waals surface area contributed by atoms with Crippen molar-refractivity contribution < 1.29 is 4.74 Å². The van der Waals surface area contributed by atoms with Crippen molar-refractivity contribution in [1.29, 1.82) is 0 Å². The number of ether oxygens (including phenoxy) is 1. The van der Waals surface area contributed by atoms with E-state index in [2.05, 4.69) is 11.8 Å². The molecule has 1 saturated heterocycles. The predicted octanol–water partition coefficient (Wildman–Crippen LogP) is 2.27. The summed E-state index contributed by atoms with van der Waals surface area (Å²) in [7, 11) is 0. The molecule has 0 bridgehead atoms. The first-order valence-electron chi connectivity index (χ1n) is 6.95. The molecule has 18 heavy (non-hydrogen) atoms. The van der Waals surface area contributed by atoms with Crippen LogP contribution in [-0.4, -0.2) is 36.7 Å². The zero-order chi connectivity index (χ0) is 12.8. The van der Waals surface area contributed by atoms with Crippen LogP contribution < -0.4 is 10.5 Å². The van der Waals surface area contributed by atoms with E-state index in [1.54, 1.807) is 0 Å². The van der Waals surface area contributed by atoms with E-state index in [1.165, 1.54) is 19.3 Å². The van der Waals surface area contributed by atoms with Crippen LogP contribution in [0.2, 0.25) is 0 Å². The van der Waals surface area contributed by atoms with Gasteiger partial charge in [0.25, 0.3) is 0 Å². The Bertz CT molecular complexity index is 340. The molecule has 1 aliphatic heterocycles. The maximum atomic E-state index is 6.06. The lowest BCUT2D eigenvalue weighted by Gasteiger charge is -2.37. The van der Waals surface area contributed by atoms with Gasteiger partial charge in [-0.3, -0.25) is 4.90 Å². The number of hydrogen-bond donors (Lipinski definition) is 1. The number of benzene rings is 1. The van der Waals surface area contributed by atoms with E-state index in [9.17, 15) is 0 Å². The van der Waals surface area contributed by atoms with E-state index >= 15 is 0 Å². The molecular weight excluding hydrogens is 224 g/mol. The molecule has 2 unspecified atom stereocenters. The Morgan fingerprint density at radius 1 is 1.33 bits per heavy atom. The molecule has 3 nitrogen and oxygen atoms in total. The molecule has 1 fully saturated rings. The molecule has 0 spiro atoms. The van der Waals surface area contributed by atoms with Gasteiger partial charge < -0.3 is 10.5 Å². The quantitative estimate of drug-likeness (QED) is 0.868. The predicted molar refractivity (Wildman–Crippen MR) is 74.8 cm³/mol. The Hall–Kier alpha value is -1.06. The summed E-state index contributed by atoms with van der Waals surface area (Å²) in [5.74, 6) is 0.951. The Morgan fingerprint density at radius 2 is 2.11 bits per heavy atom. The molecule has 0 saturated carbocycles. The molecule has 1 aliphatic rings. The number of likely N-dealkylation sites (tertiary alicyclic amines) is 1. The third-order valence-corrected chi connectivity index (χ3v) is 3.66. The fourth-order valence-corrected chi connectivity index (χ4v) is 2.69. The lowest BCUT2D eigenvalue weighted by atomic mass is 9.97. The average molecular weight is 248 g/mol. The van der Waals surface area contributed by atoms with E-state index in [0.29, 0.717) is 6.04 Å². The second kappa shape index (κ2) is 6.76. The summed E-state index contributed by atoms with van der Waals surface area (Å²) in [5, 5.41) is 0. The lowest BCUT2D eigenvalue weighted by molar-refractivity contribution is 0.109. The summed E-state index contributed by atoms with van der Waals surface area (Å²) >= 11 is 0. The van der Waals surface area contributed by atoms with Crippen LogP contribution in [0.5, 0.6) is 5.75 Å². The summed E-state index contributed by atoms with van der Waals surface area (Å²) in [5.41, 5.74) is 6.06. The third kappa shape index (κ3) is 3.72. The SMILES string of the molecule is CC(N)C1CCCCN1CCOc1ccccc1. The van der Waals surface area contributed by atoms with Crippen LogP contribution in [0.15, 0.2) is 30.3 Å². The summed E-state index contributed by atoms with van der Waals surface area (Å²) in [6.07, 6.45) is 3.82. The number of nitrogens with two attached hydrogens (primary N) is 1. The fourth-order valence-electron chi connectivity index (χ4n) is 2.69. The van der Waals surface area contributed by atoms with Gasteiger partial charge in [-0.05, 0) is 38.4 Å². The molecule has 2 rings (SSSR count).